The molecule has 1 saturated heterocycles. The molecule has 1 aliphatic rings. The van der Waals surface area contributed by atoms with E-state index in [1.165, 1.54) is 5.56 Å². The second-order valence-corrected chi connectivity index (χ2v) is 9.60. The van der Waals surface area contributed by atoms with E-state index in [0.29, 0.717) is 11.6 Å². The van der Waals surface area contributed by atoms with Crippen LogP contribution in [0.5, 0.6) is 11.5 Å². The van der Waals surface area contributed by atoms with Gasteiger partial charge in [0.15, 0.2) is 0 Å². The number of hydrogen-bond acceptors (Lipinski definition) is 5. The summed E-state index contributed by atoms with van der Waals surface area (Å²) >= 11 is 0. The van der Waals surface area contributed by atoms with Gasteiger partial charge in [0.25, 0.3) is 5.91 Å². The highest BCUT2D eigenvalue weighted by Gasteiger charge is 2.22. The molecule has 4 aromatic rings. The van der Waals surface area contributed by atoms with Gasteiger partial charge in [0.1, 0.15) is 11.5 Å². The summed E-state index contributed by atoms with van der Waals surface area (Å²) in [5.41, 5.74) is 5.90. The van der Waals surface area contributed by atoms with Gasteiger partial charge >= 0.3 is 0 Å². The molecule has 5 rings (SSSR count). The SMILES string of the molecule is COc1ccc(NC(=O)c2ccc(N3CCN(C(C)c4ccc(-c5cccc(O)c5)cc4)CC3)cc2)cc1. The number of carbonyl (C=O) groups is 1. The second-order valence-electron chi connectivity index (χ2n) is 9.60. The van der Waals surface area contributed by atoms with Crippen molar-refractivity contribution in [2.24, 2.45) is 0 Å². The molecule has 6 nitrogen and oxygen atoms in total. The molecule has 1 fully saturated rings. The van der Waals surface area contributed by atoms with E-state index < -0.39 is 0 Å². The molecule has 0 radical (unpaired) electrons. The lowest BCUT2D eigenvalue weighted by atomic mass is 10.00. The third-order valence-corrected chi connectivity index (χ3v) is 7.28. The number of amides is 1. The third kappa shape index (κ3) is 5.82. The largest absolute Gasteiger partial charge is 0.508 e. The number of carbonyl (C=O) groups excluding carboxylic acids is 1. The van der Waals surface area contributed by atoms with Gasteiger partial charge in [-0.3, -0.25) is 9.69 Å². The van der Waals surface area contributed by atoms with Crippen molar-refractivity contribution in [1.29, 1.82) is 0 Å². The first kappa shape index (κ1) is 25.4. The highest BCUT2D eigenvalue weighted by molar-refractivity contribution is 6.04. The molecule has 1 amide bonds. The summed E-state index contributed by atoms with van der Waals surface area (Å²) in [5.74, 6) is 0.907. The van der Waals surface area contributed by atoms with Crippen LogP contribution in [-0.4, -0.2) is 49.2 Å². The third-order valence-electron chi connectivity index (χ3n) is 7.28. The van der Waals surface area contributed by atoms with Crippen LogP contribution in [0.15, 0.2) is 97.1 Å². The Labute approximate surface area is 224 Å². The van der Waals surface area contributed by atoms with Gasteiger partial charge in [0.2, 0.25) is 0 Å². The van der Waals surface area contributed by atoms with E-state index in [1.54, 1.807) is 19.2 Å². The number of piperazine rings is 1. The first-order valence-corrected chi connectivity index (χ1v) is 12.9. The van der Waals surface area contributed by atoms with Gasteiger partial charge in [-0.1, -0.05) is 36.4 Å². The Kier molecular flexibility index (Phi) is 7.61. The second kappa shape index (κ2) is 11.4. The van der Waals surface area contributed by atoms with Crippen LogP contribution in [0.4, 0.5) is 11.4 Å². The molecule has 6 heteroatoms. The highest BCUT2D eigenvalue weighted by Crippen LogP contribution is 2.28. The average Bonchev–Trinajstić information content (AvgIpc) is 2.97. The molecular weight excluding hydrogens is 474 g/mol. The Balaban J connectivity index is 1.15. The van der Waals surface area contributed by atoms with Crippen molar-refractivity contribution in [1.82, 2.24) is 4.90 Å². The predicted octanol–water partition coefficient (Wildman–Crippen LogP) is 6.20. The zero-order valence-electron chi connectivity index (χ0n) is 21.8. The van der Waals surface area contributed by atoms with Crippen molar-refractivity contribution in [3.8, 4) is 22.6 Å². The molecule has 1 aliphatic heterocycles. The summed E-state index contributed by atoms with van der Waals surface area (Å²) in [6.45, 7) is 6.06. The molecule has 38 heavy (non-hydrogen) atoms. The van der Waals surface area contributed by atoms with Crippen LogP contribution in [0.3, 0.4) is 0 Å². The maximum atomic E-state index is 12.7. The number of hydrogen-bond donors (Lipinski definition) is 2. The Morgan fingerprint density at radius 1 is 0.842 bits per heavy atom. The summed E-state index contributed by atoms with van der Waals surface area (Å²) in [7, 11) is 1.62. The fourth-order valence-electron chi connectivity index (χ4n) is 4.92. The first-order valence-electron chi connectivity index (χ1n) is 12.9. The number of aromatic hydroxyl groups is 1. The number of nitrogens with one attached hydrogen (secondary N) is 1. The van der Waals surface area contributed by atoms with Gasteiger partial charge in [0, 0.05) is 49.2 Å². The van der Waals surface area contributed by atoms with Crippen LogP contribution >= 0.6 is 0 Å². The van der Waals surface area contributed by atoms with Crippen LogP contribution in [-0.2, 0) is 0 Å². The molecule has 2 N–H and O–H groups in total. The zero-order chi connectivity index (χ0) is 26.5. The minimum absolute atomic E-state index is 0.129. The number of ether oxygens (including phenoxy) is 1. The number of anilines is 2. The summed E-state index contributed by atoms with van der Waals surface area (Å²) in [4.78, 5) is 17.5. The van der Waals surface area contributed by atoms with Crippen LogP contribution in [0.2, 0.25) is 0 Å². The minimum Gasteiger partial charge on any atom is -0.508 e. The van der Waals surface area contributed by atoms with Gasteiger partial charge < -0.3 is 20.1 Å². The summed E-state index contributed by atoms with van der Waals surface area (Å²) in [6, 6.07) is 31.4. The number of nitrogens with zero attached hydrogens (tertiary/aromatic N) is 2. The molecule has 0 saturated carbocycles. The van der Waals surface area contributed by atoms with Crippen LogP contribution < -0.4 is 15.0 Å². The van der Waals surface area contributed by atoms with E-state index in [4.69, 9.17) is 4.74 Å². The van der Waals surface area contributed by atoms with E-state index >= 15 is 0 Å². The lowest BCUT2D eigenvalue weighted by molar-refractivity contribution is 0.102. The Morgan fingerprint density at radius 2 is 1.53 bits per heavy atom. The fraction of sp³-hybridized carbons (Fsp3) is 0.219. The molecular formula is C32H33N3O3. The predicted molar refractivity (Wildman–Crippen MR) is 153 cm³/mol. The van der Waals surface area contributed by atoms with Gasteiger partial charge in [-0.2, -0.15) is 0 Å². The van der Waals surface area contributed by atoms with Crippen molar-refractivity contribution in [2.75, 3.05) is 43.5 Å². The number of phenolic OH excluding ortho intramolecular Hbond substituents is 1. The first-order chi connectivity index (χ1) is 18.5. The summed E-state index contributed by atoms with van der Waals surface area (Å²) in [6.07, 6.45) is 0. The lowest BCUT2D eigenvalue weighted by Gasteiger charge is -2.39. The van der Waals surface area contributed by atoms with E-state index in [-0.39, 0.29) is 11.7 Å². The highest BCUT2D eigenvalue weighted by atomic mass is 16.5. The molecule has 1 heterocycles. The van der Waals surface area contributed by atoms with Gasteiger partial charge in [-0.25, -0.2) is 0 Å². The van der Waals surface area contributed by atoms with Crippen molar-refractivity contribution >= 4 is 17.3 Å². The van der Waals surface area contributed by atoms with Crippen LogP contribution in [0.25, 0.3) is 11.1 Å². The topological polar surface area (TPSA) is 65.0 Å². The maximum absolute atomic E-state index is 12.7. The number of benzene rings is 4. The molecule has 1 atom stereocenters. The average molecular weight is 508 g/mol. The van der Waals surface area contributed by atoms with Gasteiger partial charge in [-0.05, 0) is 84.3 Å². The van der Waals surface area contributed by atoms with Gasteiger partial charge in [-0.15, -0.1) is 0 Å². The molecule has 0 spiro atoms. The summed E-state index contributed by atoms with van der Waals surface area (Å²) in [5, 5.41) is 12.7. The minimum atomic E-state index is -0.129. The van der Waals surface area contributed by atoms with Crippen molar-refractivity contribution < 1.29 is 14.6 Å². The lowest BCUT2D eigenvalue weighted by Crippen LogP contribution is -2.47. The molecule has 0 aromatic heterocycles. The number of phenols is 1. The molecule has 194 valence electrons. The molecule has 0 aliphatic carbocycles. The number of rotatable bonds is 7. The Morgan fingerprint density at radius 3 is 2.16 bits per heavy atom. The quantitative estimate of drug-likeness (QED) is 0.312. The number of methoxy groups -OCH3 is 1. The normalized spacial score (nSPS) is 14.6. The zero-order valence-corrected chi connectivity index (χ0v) is 21.8. The van der Waals surface area contributed by atoms with Crippen LogP contribution in [0, 0.1) is 0 Å². The Hall–Kier alpha value is -4.29. The fourth-order valence-corrected chi connectivity index (χ4v) is 4.92. The molecule has 0 bridgehead atoms. The smallest absolute Gasteiger partial charge is 0.255 e. The van der Waals surface area contributed by atoms with Crippen LogP contribution in [0.1, 0.15) is 28.9 Å². The van der Waals surface area contributed by atoms with E-state index in [1.807, 2.05) is 60.7 Å². The molecule has 1 unspecified atom stereocenters. The van der Waals surface area contributed by atoms with Crippen molar-refractivity contribution in [3.63, 3.8) is 0 Å². The maximum Gasteiger partial charge on any atom is 0.255 e. The Bertz CT molecular complexity index is 1360. The van der Waals surface area contributed by atoms with Crippen molar-refractivity contribution in [2.45, 2.75) is 13.0 Å². The van der Waals surface area contributed by atoms with Crippen molar-refractivity contribution in [3.05, 3.63) is 108 Å². The standard InChI is InChI=1S/C32H33N3O3/c1-23(24-6-8-25(9-7-24)27-4-3-5-30(36)22-27)34-18-20-35(21-19-34)29-14-10-26(11-15-29)32(37)33-28-12-16-31(38-2)17-13-28/h3-17,22-23,36H,18-21H2,1-2H3,(H,33,37). The van der Waals surface area contributed by atoms with Gasteiger partial charge in [0.05, 0.1) is 7.11 Å². The molecule has 4 aromatic carbocycles. The van der Waals surface area contributed by atoms with E-state index in [9.17, 15) is 9.90 Å². The van der Waals surface area contributed by atoms with E-state index in [2.05, 4.69) is 46.3 Å². The summed E-state index contributed by atoms with van der Waals surface area (Å²) < 4.78 is 5.17. The van der Waals surface area contributed by atoms with E-state index in [0.717, 1.165) is 54.4 Å². The monoisotopic (exact) mass is 507 g/mol.